The molecule has 0 spiro atoms. The molecular formula is C64H77BN2. The molecule has 346 valence electrons. The van der Waals surface area contributed by atoms with E-state index >= 15 is 0 Å². The summed E-state index contributed by atoms with van der Waals surface area (Å²) < 4.78 is 0. The van der Waals surface area contributed by atoms with E-state index in [9.17, 15) is 0 Å². The van der Waals surface area contributed by atoms with Crippen LogP contribution in [-0.4, -0.2) is 6.71 Å². The maximum atomic E-state index is 2.72. The van der Waals surface area contributed by atoms with Crippen LogP contribution in [0.5, 0.6) is 0 Å². The molecule has 4 aliphatic rings. The van der Waals surface area contributed by atoms with Crippen molar-refractivity contribution in [3.05, 3.63) is 148 Å². The summed E-state index contributed by atoms with van der Waals surface area (Å²) in [5.41, 5.74) is 26.0. The molecule has 3 heteroatoms. The van der Waals surface area contributed by atoms with E-state index in [0.29, 0.717) is 0 Å². The van der Waals surface area contributed by atoms with Crippen molar-refractivity contribution in [3.8, 4) is 11.1 Å². The molecule has 67 heavy (non-hydrogen) atoms. The highest BCUT2D eigenvalue weighted by atomic mass is 15.2. The minimum Gasteiger partial charge on any atom is -0.311 e. The lowest BCUT2D eigenvalue weighted by Crippen LogP contribution is -2.62. The third kappa shape index (κ3) is 7.17. The minimum absolute atomic E-state index is 0.0137. The summed E-state index contributed by atoms with van der Waals surface area (Å²) in [6.45, 7) is 43.6. The van der Waals surface area contributed by atoms with Gasteiger partial charge in [-0.1, -0.05) is 178 Å². The van der Waals surface area contributed by atoms with Gasteiger partial charge in [-0.15, -0.1) is 0 Å². The van der Waals surface area contributed by atoms with Gasteiger partial charge in [0.1, 0.15) is 0 Å². The van der Waals surface area contributed by atoms with Gasteiger partial charge in [-0.05, 0) is 173 Å². The first-order chi connectivity index (χ1) is 31.0. The maximum absolute atomic E-state index is 2.72. The predicted molar refractivity (Wildman–Crippen MR) is 293 cm³/mol. The second-order valence-electron chi connectivity index (χ2n) is 27.0. The van der Waals surface area contributed by atoms with E-state index < -0.39 is 0 Å². The fourth-order valence-electron chi connectivity index (χ4n) is 12.9. The van der Waals surface area contributed by atoms with E-state index in [4.69, 9.17) is 0 Å². The fourth-order valence-corrected chi connectivity index (χ4v) is 12.9. The molecule has 6 aromatic carbocycles. The normalized spacial score (nSPS) is 18.5. The van der Waals surface area contributed by atoms with E-state index in [1.54, 1.807) is 0 Å². The number of aryl methyl sites for hydroxylation is 1. The second-order valence-corrected chi connectivity index (χ2v) is 27.0. The number of nitrogens with zero attached hydrogens (tertiary/aromatic N) is 2. The third-order valence-electron chi connectivity index (χ3n) is 16.9. The molecule has 6 aromatic rings. The third-order valence-corrected chi connectivity index (χ3v) is 16.9. The van der Waals surface area contributed by atoms with Gasteiger partial charge in [-0.2, -0.15) is 0 Å². The highest BCUT2D eigenvalue weighted by Crippen LogP contribution is 2.55. The number of anilines is 6. The van der Waals surface area contributed by atoms with E-state index in [0.717, 1.165) is 6.42 Å². The molecule has 2 nitrogen and oxygen atoms in total. The van der Waals surface area contributed by atoms with Crippen molar-refractivity contribution in [2.24, 2.45) is 0 Å². The predicted octanol–water partition coefficient (Wildman–Crippen LogP) is 15.9. The number of benzene rings is 6. The number of fused-ring (bicyclic) bond motifs is 6. The van der Waals surface area contributed by atoms with Gasteiger partial charge in [-0.3, -0.25) is 0 Å². The Labute approximate surface area is 405 Å². The van der Waals surface area contributed by atoms with Crippen LogP contribution in [0.1, 0.15) is 181 Å². The summed E-state index contributed by atoms with van der Waals surface area (Å²) >= 11 is 0. The van der Waals surface area contributed by atoms with Crippen molar-refractivity contribution in [2.45, 2.75) is 182 Å². The molecule has 0 aromatic heterocycles. The fraction of sp³-hybridized carbons (Fsp3) is 0.438. The molecular weight excluding hydrogens is 808 g/mol. The Kier molecular flexibility index (Phi) is 9.91. The zero-order valence-electron chi connectivity index (χ0n) is 44.4. The molecule has 0 saturated heterocycles. The van der Waals surface area contributed by atoms with Crippen LogP contribution in [-0.2, 0) is 37.9 Å². The van der Waals surface area contributed by atoms with Gasteiger partial charge in [0.15, 0.2) is 0 Å². The van der Waals surface area contributed by atoms with E-state index in [2.05, 4.69) is 238 Å². The molecule has 0 radical (unpaired) electrons. The van der Waals surface area contributed by atoms with Crippen molar-refractivity contribution in [1.29, 1.82) is 0 Å². The molecule has 0 bridgehead atoms. The lowest BCUT2D eigenvalue weighted by atomic mass is 9.33. The second kappa shape index (κ2) is 14.5. The molecule has 0 N–H and O–H groups in total. The van der Waals surface area contributed by atoms with Crippen LogP contribution in [0.4, 0.5) is 34.1 Å². The van der Waals surface area contributed by atoms with Crippen molar-refractivity contribution in [2.75, 3.05) is 9.80 Å². The van der Waals surface area contributed by atoms with Gasteiger partial charge in [0.25, 0.3) is 6.71 Å². The SMILES string of the molecule is Cc1cc2c(cc1N1c3ccc(C(C)(C)C)cc3B3c4cc5c(cc4N(c4ccc(C(C)(C)C)cc4-c4ccccc4)c4cc(C(C)(C)C)cc1c43)C(C)(C)CC5(C)C)C(C)(C)CCC2(C)C. The number of hydrogen-bond donors (Lipinski definition) is 0. The first-order valence-electron chi connectivity index (χ1n) is 25.5. The molecule has 2 aliphatic carbocycles. The van der Waals surface area contributed by atoms with Crippen LogP contribution >= 0.6 is 0 Å². The maximum Gasteiger partial charge on any atom is 0.252 e. The Morgan fingerprint density at radius 1 is 0.418 bits per heavy atom. The Morgan fingerprint density at radius 2 is 0.881 bits per heavy atom. The lowest BCUT2D eigenvalue weighted by molar-refractivity contribution is 0.332. The molecule has 0 fully saturated rings. The van der Waals surface area contributed by atoms with Crippen molar-refractivity contribution < 1.29 is 0 Å². The van der Waals surface area contributed by atoms with Crippen LogP contribution in [0.15, 0.2) is 103 Å². The van der Waals surface area contributed by atoms with Crippen molar-refractivity contribution in [3.63, 3.8) is 0 Å². The van der Waals surface area contributed by atoms with Gasteiger partial charge in [0, 0.05) is 34.0 Å². The Hall–Kier alpha value is -5.02. The first-order valence-corrected chi connectivity index (χ1v) is 25.5. The quantitative estimate of drug-likeness (QED) is 0.163. The highest BCUT2D eigenvalue weighted by molar-refractivity contribution is 7.00. The monoisotopic (exact) mass is 885 g/mol. The smallest absolute Gasteiger partial charge is 0.252 e. The molecule has 2 aliphatic heterocycles. The van der Waals surface area contributed by atoms with E-state index in [1.807, 2.05) is 0 Å². The summed E-state index contributed by atoms with van der Waals surface area (Å²) in [6.07, 6.45) is 3.50. The van der Waals surface area contributed by atoms with Crippen LogP contribution < -0.4 is 26.2 Å². The van der Waals surface area contributed by atoms with Crippen LogP contribution in [0.3, 0.4) is 0 Å². The number of hydrogen-bond acceptors (Lipinski definition) is 2. The molecule has 2 heterocycles. The summed E-state index contributed by atoms with van der Waals surface area (Å²) in [5, 5.41) is 0. The summed E-state index contributed by atoms with van der Waals surface area (Å²) in [4.78, 5) is 5.43. The van der Waals surface area contributed by atoms with Gasteiger partial charge in [0.05, 0.1) is 5.69 Å². The standard InChI is InChI=1S/C64H77BN2/c1-39-30-45-47(62(13,14)29-28-61(45,11)12)36-53(39)67-52-27-25-42(59(5,6)7)32-49(52)65-50-35-46-48(64(17,18)38-63(46,15)16)37-54(50)66(55-33-43(60(8,9)10)34-56(67)57(55)65)51-26-24-41(58(2,3)4)31-44(51)40-22-20-19-21-23-40/h19-27,30-37H,28-29,38H2,1-18H3. The van der Waals surface area contributed by atoms with E-state index in [-0.39, 0.29) is 44.6 Å². The zero-order valence-corrected chi connectivity index (χ0v) is 44.4. The van der Waals surface area contributed by atoms with Gasteiger partial charge < -0.3 is 9.80 Å². The number of rotatable bonds is 3. The minimum atomic E-state index is -0.117. The Morgan fingerprint density at radius 3 is 1.45 bits per heavy atom. The molecule has 0 atom stereocenters. The first kappa shape index (κ1) is 45.8. The van der Waals surface area contributed by atoms with Crippen molar-refractivity contribution >= 4 is 57.2 Å². The largest absolute Gasteiger partial charge is 0.311 e. The molecule has 0 amide bonds. The van der Waals surface area contributed by atoms with E-state index in [1.165, 1.54) is 119 Å². The molecule has 0 saturated carbocycles. The molecule has 10 rings (SSSR count). The zero-order chi connectivity index (χ0) is 48.3. The van der Waals surface area contributed by atoms with Crippen LogP contribution in [0, 0.1) is 6.92 Å². The summed E-state index contributed by atoms with van der Waals surface area (Å²) in [7, 11) is 0. The van der Waals surface area contributed by atoms with Gasteiger partial charge >= 0.3 is 0 Å². The van der Waals surface area contributed by atoms with Crippen molar-refractivity contribution in [1.82, 2.24) is 0 Å². The Bertz CT molecular complexity index is 3010. The highest BCUT2D eigenvalue weighted by Gasteiger charge is 2.49. The van der Waals surface area contributed by atoms with Crippen LogP contribution in [0.2, 0.25) is 0 Å². The molecule has 0 unspecified atom stereocenters. The summed E-state index contributed by atoms with van der Waals surface area (Å²) in [6, 6.07) is 41.7. The average Bonchev–Trinajstić information content (AvgIpc) is 3.42. The topological polar surface area (TPSA) is 6.48 Å². The van der Waals surface area contributed by atoms with Gasteiger partial charge in [-0.25, -0.2) is 0 Å². The summed E-state index contributed by atoms with van der Waals surface area (Å²) in [5.74, 6) is 0. The lowest BCUT2D eigenvalue weighted by Gasteiger charge is -2.47. The van der Waals surface area contributed by atoms with Gasteiger partial charge in [0.2, 0.25) is 0 Å². The average molecular weight is 885 g/mol. The Balaban J connectivity index is 1.38. The van der Waals surface area contributed by atoms with Crippen LogP contribution in [0.25, 0.3) is 11.1 Å².